The van der Waals surface area contributed by atoms with Crippen LogP contribution >= 0.6 is 0 Å². The smallest absolute Gasteiger partial charge is 0.228 e. The lowest BCUT2D eigenvalue weighted by molar-refractivity contribution is 0.0988. The first kappa shape index (κ1) is 22.2. The van der Waals surface area contributed by atoms with Gasteiger partial charge in [0.05, 0.1) is 18.6 Å². The van der Waals surface area contributed by atoms with Gasteiger partial charge in [0.1, 0.15) is 33.3 Å². The molecule has 0 aliphatic carbocycles. The van der Waals surface area contributed by atoms with Gasteiger partial charge < -0.3 is 15.2 Å². The van der Waals surface area contributed by atoms with Crippen molar-refractivity contribution >= 4 is 21.5 Å². The summed E-state index contributed by atoms with van der Waals surface area (Å²) in [4.78, 5) is 21.4. The van der Waals surface area contributed by atoms with Crippen LogP contribution in [0.4, 0.5) is 4.39 Å². The van der Waals surface area contributed by atoms with Gasteiger partial charge in [-0.3, -0.25) is 9.79 Å². The first-order valence-electron chi connectivity index (χ1n) is 10.1. The third-order valence-electron chi connectivity index (χ3n) is 6.08. The Morgan fingerprint density at radius 2 is 2.06 bits per heavy atom. The number of aromatic nitrogens is 1. The topological polar surface area (TPSA) is 121 Å². The molecule has 0 bridgehead atoms. The maximum Gasteiger partial charge on any atom is 0.228 e. The fraction of sp³-hybridized carbons (Fsp3) is 0.409. The molecule has 0 saturated heterocycles. The van der Waals surface area contributed by atoms with E-state index in [1.165, 1.54) is 18.3 Å². The van der Waals surface area contributed by atoms with Gasteiger partial charge in [0.15, 0.2) is 15.6 Å². The van der Waals surface area contributed by atoms with Crippen LogP contribution in [-0.4, -0.2) is 49.0 Å². The Labute approximate surface area is 185 Å². The predicted molar refractivity (Wildman–Crippen MR) is 117 cm³/mol. The molecule has 0 radical (unpaired) electrons. The molecule has 0 unspecified atom stereocenters. The van der Waals surface area contributed by atoms with Gasteiger partial charge in [0, 0.05) is 18.4 Å². The monoisotopic (exact) mass is 461 g/mol. The summed E-state index contributed by atoms with van der Waals surface area (Å²) in [7, 11) is -3.58. The Morgan fingerprint density at radius 1 is 1.28 bits per heavy atom. The van der Waals surface area contributed by atoms with Crippen molar-refractivity contribution in [2.75, 3.05) is 19.2 Å². The third-order valence-corrected chi connectivity index (χ3v) is 8.71. The summed E-state index contributed by atoms with van der Waals surface area (Å²) in [5.74, 6) is 0.401. The number of aliphatic imine (C=N–C) groups is 1. The Morgan fingerprint density at radius 3 is 2.72 bits per heavy atom. The summed E-state index contributed by atoms with van der Waals surface area (Å²) in [5.41, 5.74) is 6.55. The zero-order valence-electron chi connectivity index (χ0n) is 17.8. The van der Waals surface area contributed by atoms with Gasteiger partial charge in [0.2, 0.25) is 6.86 Å². The maximum absolute atomic E-state index is 13.0. The molecule has 2 aromatic rings. The van der Waals surface area contributed by atoms with Crippen molar-refractivity contribution in [2.45, 2.75) is 37.0 Å². The summed E-state index contributed by atoms with van der Waals surface area (Å²) in [6, 6.07) is 8.18. The molecule has 0 saturated carbocycles. The Balaban J connectivity index is 1.67. The number of alkyl halides is 1. The number of halogens is 1. The fourth-order valence-electron chi connectivity index (χ4n) is 3.93. The number of hydrogen-bond acceptors (Lipinski definition) is 8. The second-order valence-corrected chi connectivity index (χ2v) is 11.0. The number of nitrogens with zero attached hydrogens (tertiary/aromatic N) is 2. The average molecular weight is 462 g/mol. The number of carbonyl (C=O) groups is 1. The Kier molecular flexibility index (Phi) is 5.44. The largest absolute Gasteiger partial charge is 0.493 e. The van der Waals surface area contributed by atoms with E-state index in [4.69, 9.17) is 15.2 Å². The first-order chi connectivity index (χ1) is 15.1. The molecule has 4 rings (SSSR count). The lowest BCUT2D eigenvalue weighted by Crippen LogP contribution is -2.56. The van der Waals surface area contributed by atoms with E-state index in [2.05, 4.69) is 9.98 Å². The number of rotatable bonds is 5. The van der Waals surface area contributed by atoms with E-state index in [0.717, 1.165) is 0 Å². The highest BCUT2D eigenvalue weighted by Crippen LogP contribution is 2.45. The van der Waals surface area contributed by atoms with E-state index in [-0.39, 0.29) is 35.2 Å². The molecular weight excluding hydrogens is 437 g/mol. The molecule has 3 heterocycles. The predicted octanol–water partition coefficient (Wildman–Crippen LogP) is 2.35. The Bertz CT molecular complexity index is 1190. The summed E-state index contributed by atoms with van der Waals surface area (Å²) >= 11 is 0. The highest BCUT2D eigenvalue weighted by molar-refractivity contribution is 7.93. The quantitative estimate of drug-likeness (QED) is 0.679. The number of benzene rings is 1. The van der Waals surface area contributed by atoms with E-state index < -0.39 is 27.0 Å². The van der Waals surface area contributed by atoms with Crippen molar-refractivity contribution in [2.24, 2.45) is 10.7 Å². The SMILES string of the molecule is CC1(C)C(N)=N[C@@]2(CCOc3ccc(CC(=O)c4ccc(OCF)cn4)cc32)CS1(=O)=O. The standard InChI is InChI=1S/C22H24FN3O5S/c1-21(2)20(24)26-22(12-32(21,28)29)7-8-30-19-6-3-14(9-16(19)22)10-18(27)17-5-4-15(11-25-17)31-13-23/h3-6,9,11H,7-8,10,12-13H2,1-2H3,(H2,24,26)/t22-/m0/s1. The summed E-state index contributed by atoms with van der Waals surface area (Å²) in [6.07, 6.45) is 1.69. The Hall–Kier alpha value is -3.01. The zero-order valence-corrected chi connectivity index (χ0v) is 18.6. The minimum atomic E-state index is -3.58. The molecule has 8 nitrogen and oxygen atoms in total. The molecule has 1 atom stereocenters. The number of nitrogens with two attached hydrogens (primary N) is 1. The average Bonchev–Trinajstić information content (AvgIpc) is 2.74. The van der Waals surface area contributed by atoms with Crippen molar-refractivity contribution in [1.29, 1.82) is 0 Å². The number of fused-ring (bicyclic) bond motifs is 2. The second kappa shape index (κ2) is 7.84. The van der Waals surface area contributed by atoms with Crippen molar-refractivity contribution in [3.05, 3.63) is 53.3 Å². The molecule has 1 aromatic carbocycles. The molecule has 1 aromatic heterocycles. The number of sulfone groups is 1. The van der Waals surface area contributed by atoms with Gasteiger partial charge in [-0.25, -0.2) is 17.8 Å². The van der Waals surface area contributed by atoms with Crippen molar-refractivity contribution in [3.63, 3.8) is 0 Å². The summed E-state index contributed by atoms with van der Waals surface area (Å²) in [5, 5.41) is 0. The van der Waals surface area contributed by atoms with Crippen LogP contribution in [0.1, 0.15) is 41.9 Å². The first-order valence-corrected chi connectivity index (χ1v) is 11.8. The van der Waals surface area contributed by atoms with E-state index in [9.17, 15) is 17.6 Å². The molecule has 0 fully saturated rings. The number of amidine groups is 1. The van der Waals surface area contributed by atoms with Gasteiger partial charge in [-0.1, -0.05) is 6.07 Å². The number of ketones is 1. The molecular formula is C22H24FN3O5S. The molecule has 2 aliphatic heterocycles. The minimum absolute atomic E-state index is 0.0388. The van der Waals surface area contributed by atoms with E-state index >= 15 is 0 Å². The fourth-order valence-corrected chi connectivity index (χ4v) is 5.65. The van der Waals surface area contributed by atoms with Crippen LogP contribution in [-0.2, 0) is 21.8 Å². The molecule has 1 spiro atoms. The molecule has 10 heteroatoms. The highest BCUT2D eigenvalue weighted by atomic mass is 32.2. The lowest BCUT2D eigenvalue weighted by Gasteiger charge is -2.42. The van der Waals surface area contributed by atoms with Crippen molar-refractivity contribution in [3.8, 4) is 11.5 Å². The number of hydrogen-bond donors (Lipinski definition) is 1. The number of ether oxygens (including phenoxy) is 2. The number of carbonyl (C=O) groups excluding carboxylic acids is 1. The minimum Gasteiger partial charge on any atom is -0.493 e. The summed E-state index contributed by atoms with van der Waals surface area (Å²) in [6.45, 7) is 2.45. The van der Waals surface area contributed by atoms with Crippen LogP contribution in [0.15, 0.2) is 41.5 Å². The molecule has 170 valence electrons. The van der Waals surface area contributed by atoms with Crippen molar-refractivity contribution < 1.29 is 27.1 Å². The maximum atomic E-state index is 13.0. The van der Waals surface area contributed by atoms with Crippen molar-refractivity contribution in [1.82, 2.24) is 4.98 Å². The van der Waals surface area contributed by atoms with E-state index in [1.807, 2.05) is 0 Å². The second-order valence-electron chi connectivity index (χ2n) is 8.46. The molecule has 2 N–H and O–H groups in total. The molecule has 0 amide bonds. The van der Waals surface area contributed by atoms with Crippen LogP contribution < -0.4 is 15.2 Å². The normalized spacial score (nSPS) is 23.0. The van der Waals surface area contributed by atoms with Gasteiger partial charge >= 0.3 is 0 Å². The van der Waals surface area contributed by atoms with Crippen LogP contribution in [0, 0.1) is 0 Å². The van der Waals surface area contributed by atoms with Gasteiger partial charge in [-0.2, -0.15) is 0 Å². The zero-order chi connectivity index (χ0) is 23.1. The molecule has 32 heavy (non-hydrogen) atoms. The lowest BCUT2D eigenvalue weighted by atomic mass is 9.84. The van der Waals surface area contributed by atoms with Gasteiger partial charge in [0.25, 0.3) is 0 Å². The van der Waals surface area contributed by atoms with Crippen LogP contribution in [0.25, 0.3) is 0 Å². The molecule has 2 aliphatic rings. The van der Waals surface area contributed by atoms with Gasteiger partial charge in [-0.05, 0) is 43.7 Å². The van der Waals surface area contributed by atoms with Gasteiger partial charge in [-0.15, -0.1) is 0 Å². The van der Waals surface area contributed by atoms with Crippen LogP contribution in [0.3, 0.4) is 0 Å². The number of Topliss-reactive ketones (excluding diaryl/α,β-unsaturated/α-hetero) is 1. The number of pyridine rings is 1. The highest BCUT2D eigenvalue weighted by Gasteiger charge is 2.52. The summed E-state index contributed by atoms with van der Waals surface area (Å²) < 4.78 is 47.5. The van der Waals surface area contributed by atoms with E-state index in [1.54, 1.807) is 32.0 Å². The van der Waals surface area contributed by atoms with Crippen LogP contribution in [0.2, 0.25) is 0 Å². The van der Waals surface area contributed by atoms with Crippen LogP contribution in [0.5, 0.6) is 11.5 Å². The third kappa shape index (κ3) is 3.72. The van der Waals surface area contributed by atoms with E-state index in [0.29, 0.717) is 29.9 Å².